The fraction of sp³-hybridized carbons (Fsp3) is 0.467. The molecule has 6 nitrogen and oxygen atoms in total. The van der Waals surface area contributed by atoms with Crippen molar-refractivity contribution in [1.82, 2.24) is 10.2 Å². The van der Waals surface area contributed by atoms with E-state index in [1.54, 1.807) is 0 Å². The molecule has 1 atom stereocenters. The Bertz CT molecular complexity index is 593. The molecule has 126 valence electrons. The third-order valence-corrected chi connectivity index (χ3v) is 3.72. The van der Waals surface area contributed by atoms with Gasteiger partial charge in [-0.25, -0.2) is 13.6 Å². The molecule has 2 rings (SSSR count). The van der Waals surface area contributed by atoms with Gasteiger partial charge in [-0.1, -0.05) is 6.92 Å². The Morgan fingerprint density at radius 1 is 1.35 bits per heavy atom. The van der Waals surface area contributed by atoms with E-state index in [0.29, 0.717) is 13.0 Å². The number of aliphatic hydroxyl groups excluding tert-OH is 1. The Labute approximate surface area is 132 Å². The molecule has 1 aliphatic rings. The van der Waals surface area contributed by atoms with Gasteiger partial charge in [-0.2, -0.15) is 0 Å². The van der Waals surface area contributed by atoms with Gasteiger partial charge < -0.3 is 15.3 Å². The van der Waals surface area contributed by atoms with E-state index >= 15 is 0 Å². The van der Waals surface area contributed by atoms with Crippen molar-refractivity contribution in [3.8, 4) is 0 Å². The summed E-state index contributed by atoms with van der Waals surface area (Å²) in [7, 11) is 0. The van der Waals surface area contributed by atoms with Crippen molar-refractivity contribution in [1.29, 1.82) is 0 Å². The molecular weight excluding hydrogens is 308 g/mol. The highest BCUT2D eigenvalue weighted by Gasteiger charge is 2.31. The number of anilines is 1. The second-order valence-corrected chi connectivity index (χ2v) is 5.31. The normalized spacial score (nSPS) is 15.9. The first-order valence-corrected chi connectivity index (χ1v) is 7.38. The van der Waals surface area contributed by atoms with Gasteiger partial charge in [-0.3, -0.25) is 9.69 Å². The van der Waals surface area contributed by atoms with Gasteiger partial charge in [0.15, 0.2) is 11.6 Å². The van der Waals surface area contributed by atoms with Crippen LogP contribution in [0.25, 0.3) is 0 Å². The number of carbonyl (C=O) groups excluding carboxylic acids is 2. The molecule has 0 aliphatic carbocycles. The maximum absolute atomic E-state index is 13.3. The Morgan fingerprint density at radius 3 is 2.70 bits per heavy atom. The summed E-state index contributed by atoms with van der Waals surface area (Å²) < 4.78 is 26.2. The van der Waals surface area contributed by atoms with Crippen molar-refractivity contribution >= 4 is 17.6 Å². The van der Waals surface area contributed by atoms with Crippen LogP contribution < -0.4 is 10.2 Å². The third kappa shape index (κ3) is 3.95. The fourth-order valence-corrected chi connectivity index (χ4v) is 2.35. The second-order valence-electron chi connectivity index (χ2n) is 5.31. The van der Waals surface area contributed by atoms with Crippen molar-refractivity contribution in [3.05, 3.63) is 29.8 Å². The minimum Gasteiger partial charge on any atom is -0.394 e. The predicted octanol–water partition coefficient (Wildman–Crippen LogP) is 1.09. The van der Waals surface area contributed by atoms with E-state index in [4.69, 9.17) is 5.11 Å². The molecule has 1 aromatic rings. The minimum atomic E-state index is -1.03. The number of amides is 3. The average Bonchev–Trinajstić information content (AvgIpc) is 2.88. The number of aliphatic hydroxyl groups is 1. The van der Waals surface area contributed by atoms with E-state index in [2.05, 4.69) is 5.32 Å². The predicted molar refractivity (Wildman–Crippen MR) is 80.0 cm³/mol. The molecule has 0 saturated carbocycles. The first-order chi connectivity index (χ1) is 11.0. The lowest BCUT2D eigenvalue weighted by molar-refractivity contribution is -0.122. The molecule has 1 unspecified atom stereocenters. The molecule has 1 heterocycles. The van der Waals surface area contributed by atoms with Crippen LogP contribution >= 0.6 is 0 Å². The fourth-order valence-electron chi connectivity index (χ4n) is 2.35. The van der Waals surface area contributed by atoms with Gasteiger partial charge in [0.25, 0.3) is 0 Å². The summed E-state index contributed by atoms with van der Waals surface area (Å²) in [6.07, 6.45) is 0.581. The van der Waals surface area contributed by atoms with E-state index in [1.165, 1.54) is 15.9 Å². The molecule has 0 radical (unpaired) electrons. The lowest BCUT2D eigenvalue weighted by atomic mass is 10.2. The molecule has 0 spiro atoms. The van der Waals surface area contributed by atoms with E-state index < -0.39 is 17.7 Å². The molecular formula is C15H19F2N3O3. The van der Waals surface area contributed by atoms with Crippen molar-refractivity contribution in [2.45, 2.75) is 19.4 Å². The van der Waals surface area contributed by atoms with E-state index in [0.717, 1.165) is 12.1 Å². The smallest absolute Gasteiger partial charge is 0.325 e. The zero-order chi connectivity index (χ0) is 17.0. The lowest BCUT2D eigenvalue weighted by Crippen LogP contribution is -2.44. The number of nitrogens with one attached hydrogen (secondary N) is 1. The van der Waals surface area contributed by atoms with Crippen molar-refractivity contribution < 1.29 is 23.5 Å². The van der Waals surface area contributed by atoms with Crippen LogP contribution in [0.5, 0.6) is 0 Å². The zero-order valence-corrected chi connectivity index (χ0v) is 12.8. The van der Waals surface area contributed by atoms with Crippen LogP contribution in [0.2, 0.25) is 0 Å². The topological polar surface area (TPSA) is 72.9 Å². The summed E-state index contributed by atoms with van der Waals surface area (Å²) >= 11 is 0. The lowest BCUT2D eigenvalue weighted by Gasteiger charge is -2.20. The van der Waals surface area contributed by atoms with Crippen LogP contribution in [0.1, 0.15) is 13.3 Å². The standard InChI is InChI=1S/C15H19F2N3O3/c1-2-10(9-21)18-14(22)8-19-5-6-20(15(19)23)11-3-4-12(16)13(17)7-11/h3-4,7,10,21H,2,5-6,8-9H2,1H3,(H,18,22). The number of rotatable bonds is 6. The Balaban J connectivity index is 1.98. The van der Waals surface area contributed by atoms with Gasteiger partial charge in [-0.05, 0) is 18.6 Å². The monoisotopic (exact) mass is 327 g/mol. The number of halogens is 2. The summed E-state index contributed by atoms with van der Waals surface area (Å²) in [5.41, 5.74) is 0.249. The van der Waals surface area contributed by atoms with Crippen LogP contribution in [-0.2, 0) is 4.79 Å². The zero-order valence-electron chi connectivity index (χ0n) is 12.8. The molecule has 1 saturated heterocycles. The highest BCUT2D eigenvalue weighted by atomic mass is 19.2. The van der Waals surface area contributed by atoms with Crippen LogP contribution in [0.15, 0.2) is 18.2 Å². The molecule has 8 heteroatoms. The largest absolute Gasteiger partial charge is 0.394 e. The van der Waals surface area contributed by atoms with Gasteiger partial charge in [0.05, 0.1) is 12.6 Å². The molecule has 2 N–H and O–H groups in total. The van der Waals surface area contributed by atoms with Crippen molar-refractivity contribution in [3.63, 3.8) is 0 Å². The molecule has 1 fully saturated rings. The molecule has 1 aromatic carbocycles. The van der Waals surface area contributed by atoms with Crippen LogP contribution in [0.3, 0.4) is 0 Å². The van der Waals surface area contributed by atoms with Crippen LogP contribution in [0, 0.1) is 11.6 Å². The van der Waals surface area contributed by atoms with Crippen LogP contribution in [0.4, 0.5) is 19.3 Å². The third-order valence-electron chi connectivity index (χ3n) is 3.72. The van der Waals surface area contributed by atoms with Gasteiger partial charge in [0, 0.05) is 24.8 Å². The molecule has 0 aromatic heterocycles. The number of carbonyl (C=O) groups is 2. The number of benzene rings is 1. The van der Waals surface area contributed by atoms with Crippen LogP contribution in [-0.4, -0.2) is 54.2 Å². The van der Waals surface area contributed by atoms with E-state index in [1.807, 2.05) is 6.92 Å². The minimum absolute atomic E-state index is 0.143. The van der Waals surface area contributed by atoms with Crippen molar-refractivity contribution in [2.75, 3.05) is 31.1 Å². The summed E-state index contributed by atoms with van der Waals surface area (Å²) in [5.74, 6) is -2.38. The Morgan fingerprint density at radius 2 is 2.09 bits per heavy atom. The highest BCUT2D eigenvalue weighted by molar-refractivity contribution is 5.96. The second kappa shape index (κ2) is 7.36. The quantitative estimate of drug-likeness (QED) is 0.822. The molecule has 3 amide bonds. The first kappa shape index (κ1) is 17.1. The SMILES string of the molecule is CCC(CO)NC(=O)CN1CCN(c2ccc(F)c(F)c2)C1=O. The molecule has 1 aliphatic heterocycles. The van der Waals surface area contributed by atoms with Gasteiger partial charge >= 0.3 is 6.03 Å². The summed E-state index contributed by atoms with van der Waals surface area (Å²) in [6.45, 7) is 2.11. The number of hydrogen-bond donors (Lipinski definition) is 2. The number of nitrogens with zero attached hydrogens (tertiary/aromatic N) is 2. The number of hydrogen-bond acceptors (Lipinski definition) is 3. The summed E-state index contributed by atoms with van der Waals surface area (Å²) in [4.78, 5) is 26.8. The molecule has 23 heavy (non-hydrogen) atoms. The maximum Gasteiger partial charge on any atom is 0.325 e. The van der Waals surface area contributed by atoms with E-state index in [9.17, 15) is 18.4 Å². The van der Waals surface area contributed by atoms with Gasteiger partial charge in [0.2, 0.25) is 5.91 Å². The summed E-state index contributed by atoms with van der Waals surface area (Å²) in [5, 5.41) is 11.7. The first-order valence-electron chi connectivity index (χ1n) is 7.38. The Kier molecular flexibility index (Phi) is 5.49. The van der Waals surface area contributed by atoms with Gasteiger partial charge in [0.1, 0.15) is 6.54 Å². The van der Waals surface area contributed by atoms with Crippen molar-refractivity contribution in [2.24, 2.45) is 0 Å². The molecule has 0 bridgehead atoms. The number of urea groups is 1. The van der Waals surface area contributed by atoms with Gasteiger partial charge in [-0.15, -0.1) is 0 Å². The highest BCUT2D eigenvalue weighted by Crippen LogP contribution is 2.22. The Hall–Kier alpha value is -2.22. The average molecular weight is 327 g/mol. The maximum atomic E-state index is 13.3. The summed E-state index contributed by atoms with van der Waals surface area (Å²) in [6, 6.07) is 2.44. The van der Waals surface area contributed by atoms with E-state index in [-0.39, 0.29) is 37.3 Å².